The zero-order chi connectivity index (χ0) is 17.2. The van der Waals surface area contributed by atoms with Gasteiger partial charge in [-0.05, 0) is 76.7 Å². The van der Waals surface area contributed by atoms with Gasteiger partial charge in [0.1, 0.15) is 5.82 Å². The van der Waals surface area contributed by atoms with Crippen LogP contribution in [0, 0.1) is 18.7 Å². The van der Waals surface area contributed by atoms with Crippen LogP contribution in [-0.4, -0.2) is 37.0 Å². The number of benzene rings is 1. The van der Waals surface area contributed by atoms with E-state index >= 15 is 0 Å². The van der Waals surface area contributed by atoms with Crippen LogP contribution < -0.4 is 5.32 Å². The third-order valence-electron chi connectivity index (χ3n) is 5.14. The predicted octanol–water partition coefficient (Wildman–Crippen LogP) is 3.47. The van der Waals surface area contributed by atoms with Crippen LogP contribution in [0.2, 0.25) is 0 Å². The number of nitrogens with zero attached hydrogens (tertiary/aromatic N) is 1. The van der Waals surface area contributed by atoms with Crippen molar-refractivity contribution in [2.75, 3.05) is 20.6 Å². The summed E-state index contributed by atoms with van der Waals surface area (Å²) < 4.78 is 13.5. The van der Waals surface area contributed by atoms with Crippen LogP contribution in [0.4, 0.5) is 4.39 Å². The van der Waals surface area contributed by atoms with Gasteiger partial charge in [-0.1, -0.05) is 12.1 Å². The van der Waals surface area contributed by atoms with Crippen LogP contribution in [-0.2, 0) is 4.79 Å². The average molecular weight is 320 g/mol. The van der Waals surface area contributed by atoms with Crippen molar-refractivity contribution in [2.45, 2.75) is 51.5 Å². The molecule has 2 rings (SSSR count). The summed E-state index contributed by atoms with van der Waals surface area (Å²) in [5.74, 6) is 0.670. The van der Waals surface area contributed by atoms with E-state index in [0.717, 1.165) is 18.4 Å². The summed E-state index contributed by atoms with van der Waals surface area (Å²) in [6, 6.07) is 5.25. The maximum atomic E-state index is 13.5. The molecule has 1 amide bonds. The number of halogens is 1. The summed E-state index contributed by atoms with van der Waals surface area (Å²) in [6.45, 7) is 6.62. The van der Waals surface area contributed by atoms with Crippen molar-refractivity contribution in [3.63, 3.8) is 0 Å². The van der Waals surface area contributed by atoms with Gasteiger partial charge in [-0.3, -0.25) is 4.79 Å². The normalized spacial score (nSPS) is 16.5. The highest BCUT2D eigenvalue weighted by Gasteiger charge is 2.34. The second kappa shape index (κ2) is 7.00. The standard InChI is InChI=1S/C19H29FN2O/c1-13-10-15(8-9-17(13)20)16(14-6-7-14)11-18(23)21-12-19(2,3)22(4)5/h8-10,14,16H,6-7,11-12H2,1-5H3,(H,21,23). The second-order valence-electron chi connectivity index (χ2n) is 7.64. The molecule has 0 radical (unpaired) electrons. The Labute approximate surface area is 139 Å². The average Bonchev–Trinajstić information content (AvgIpc) is 3.30. The van der Waals surface area contributed by atoms with Crippen LogP contribution in [0.25, 0.3) is 0 Å². The van der Waals surface area contributed by atoms with Crippen LogP contribution in [0.3, 0.4) is 0 Å². The molecule has 1 saturated carbocycles. The van der Waals surface area contributed by atoms with Gasteiger partial charge in [0, 0.05) is 18.5 Å². The highest BCUT2D eigenvalue weighted by atomic mass is 19.1. The van der Waals surface area contributed by atoms with E-state index in [9.17, 15) is 9.18 Å². The van der Waals surface area contributed by atoms with Gasteiger partial charge in [0.15, 0.2) is 0 Å². The second-order valence-corrected chi connectivity index (χ2v) is 7.64. The van der Waals surface area contributed by atoms with Crippen molar-refractivity contribution in [1.29, 1.82) is 0 Å². The zero-order valence-electron chi connectivity index (χ0n) is 14.9. The molecule has 0 saturated heterocycles. The third kappa shape index (κ3) is 4.77. The summed E-state index contributed by atoms with van der Waals surface area (Å²) in [5, 5.41) is 3.06. The fourth-order valence-electron chi connectivity index (χ4n) is 2.70. The maximum absolute atomic E-state index is 13.5. The fourth-order valence-corrected chi connectivity index (χ4v) is 2.70. The third-order valence-corrected chi connectivity index (χ3v) is 5.14. The summed E-state index contributed by atoms with van der Waals surface area (Å²) >= 11 is 0. The molecule has 1 aliphatic carbocycles. The molecule has 3 nitrogen and oxygen atoms in total. The molecular weight excluding hydrogens is 291 g/mol. The van der Waals surface area contributed by atoms with Crippen molar-refractivity contribution < 1.29 is 9.18 Å². The molecule has 1 N–H and O–H groups in total. The molecule has 0 spiro atoms. The smallest absolute Gasteiger partial charge is 0.220 e. The highest BCUT2D eigenvalue weighted by Crippen LogP contribution is 2.44. The zero-order valence-corrected chi connectivity index (χ0v) is 14.9. The number of hydrogen-bond acceptors (Lipinski definition) is 2. The van der Waals surface area contributed by atoms with E-state index in [0.29, 0.717) is 24.4 Å². The van der Waals surface area contributed by atoms with Gasteiger partial charge in [0.25, 0.3) is 0 Å². The van der Waals surface area contributed by atoms with E-state index in [-0.39, 0.29) is 23.2 Å². The lowest BCUT2D eigenvalue weighted by molar-refractivity contribution is -0.122. The van der Waals surface area contributed by atoms with Gasteiger partial charge in [0.2, 0.25) is 5.91 Å². The molecule has 4 heteroatoms. The number of aryl methyl sites for hydroxylation is 1. The quantitative estimate of drug-likeness (QED) is 0.834. The van der Waals surface area contributed by atoms with Crippen LogP contribution >= 0.6 is 0 Å². The predicted molar refractivity (Wildman–Crippen MR) is 92.0 cm³/mol. The van der Waals surface area contributed by atoms with E-state index in [1.807, 2.05) is 26.2 Å². The molecule has 1 fully saturated rings. The molecule has 1 aromatic carbocycles. The number of carbonyl (C=O) groups excluding carboxylic acids is 1. The minimum atomic E-state index is -0.180. The van der Waals surface area contributed by atoms with Crippen LogP contribution in [0.5, 0.6) is 0 Å². The van der Waals surface area contributed by atoms with Crippen molar-refractivity contribution in [1.82, 2.24) is 10.2 Å². The summed E-state index contributed by atoms with van der Waals surface area (Å²) in [6.07, 6.45) is 2.81. The van der Waals surface area contributed by atoms with E-state index in [4.69, 9.17) is 0 Å². The molecule has 0 aromatic heterocycles. The largest absolute Gasteiger partial charge is 0.354 e. The Morgan fingerprint density at radius 3 is 2.57 bits per heavy atom. The number of nitrogens with one attached hydrogen (secondary N) is 1. The monoisotopic (exact) mass is 320 g/mol. The lowest BCUT2D eigenvalue weighted by Crippen LogP contribution is -2.48. The van der Waals surface area contributed by atoms with E-state index in [1.54, 1.807) is 6.92 Å². The Balaban J connectivity index is 2.00. The minimum absolute atomic E-state index is 0.0722. The Bertz CT molecular complexity index is 564. The fraction of sp³-hybridized carbons (Fsp3) is 0.632. The summed E-state index contributed by atoms with van der Waals surface area (Å²) in [4.78, 5) is 14.5. The number of rotatable bonds is 7. The topological polar surface area (TPSA) is 32.3 Å². The van der Waals surface area contributed by atoms with Gasteiger partial charge in [-0.2, -0.15) is 0 Å². The first-order chi connectivity index (χ1) is 10.7. The number of hydrogen-bond donors (Lipinski definition) is 1. The summed E-state index contributed by atoms with van der Waals surface area (Å²) in [7, 11) is 4.03. The summed E-state index contributed by atoms with van der Waals surface area (Å²) in [5.41, 5.74) is 1.67. The molecule has 0 bridgehead atoms. The van der Waals surface area contributed by atoms with Gasteiger partial charge in [-0.15, -0.1) is 0 Å². The molecule has 0 heterocycles. The van der Waals surface area contributed by atoms with Crippen molar-refractivity contribution in [3.8, 4) is 0 Å². The Hall–Kier alpha value is -1.42. The first-order valence-electron chi connectivity index (χ1n) is 8.41. The van der Waals surface area contributed by atoms with Crippen LogP contribution in [0.1, 0.15) is 50.2 Å². The van der Waals surface area contributed by atoms with Crippen LogP contribution in [0.15, 0.2) is 18.2 Å². The Morgan fingerprint density at radius 1 is 1.39 bits per heavy atom. The molecule has 0 aliphatic heterocycles. The molecule has 1 aromatic rings. The highest BCUT2D eigenvalue weighted by molar-refractivity contribution is 5.77. The van der Waals surface area contributed by atoms with E-state index in [1.165, 1.54) is 6.07 Å². The molecule has 23 heavy (non-hydrogen) atoms. The Kier molecular flexibility index (Phi) is 5.45. The molecular formula is C19H29FN2O. The molecule has 128 valence electrons. The van der Waals surface area contributed by atoms with E-state index in [2.05, 4.69) is 24.1 Å². The van der Waals surface area contributed by atoms with Gasteiger partial charge >= 0.3 is 0 Å². The van der Waals surface area contributed by atoms with Gasteiger partial charge < -0.3 is 10.2 Å². The SMILES string of the molecule is Cc1cc(C(CC(=O)NCC(C)(C)N(C)C)C2CC2)ccc1F. The molecule has 1 aliphatic rings. The number of likely N-dealkylation sites (N-methyl/N-ethyl adjacent to an activating group) is 1. The minimum Gasteiger partial charge on any atom is -0.354 e. The number of amides is 1. The molecule has 1 unspecified atom stereocenters. The van der Waals surface area contributed by atoms with Gasteiger partial charge in [-0.25, -0.2) is 4.39 Å². The lowest BCUT2D eigenvalue weighted by atomic mass is 9.89. The maximum Gasteiger partial charge on any atom is 0.220 e. The first-order valence-corrected chi connectivity index (χ1v) is 8.41. The van der Waals surface area contributed by atoms with Gasteiger partial charge in [0.05, 0.1) is 0 Å². The van der Waals surface area contributed by atoms with Crippen molar-refractivity contribution in [3.05, 3.63) is 35.1 Å². The first kappa shape index (κ1) is 17.9. The number of carbonyl (C=O) groups is 1. The van der Waals surface area contributed by atoms with Crippen molar-refractivity contribution in [2.24, 2.45) is 5.92 Å². The van der Waals surface area contributed by atoms with Crippen molar-refractivity contribution >= 4 is 5.91 Å². The Morgan fingerprint density at radius 2 is 2.04 bits per heavy atom. The lowest BCUT2D eigenvalue weighted by Gasteiger charge is -2.32. The van der Waals surface area contributed by atoms with E-state index < -0.39 is 0 Å². The molecule has 1 atom stereocenters.